The first-order valence-corrected chi connectivity index (χ1v) is 7.14. The van der Waals surface area contributed by atoms with Crippen molar-refractivity contribution in [1.29, 1.82) is 0 Å². The number of aromatic nitrogens is 4. The number of carboxylic acids is 1. The van der Waals surface area contributed by atoms with Gasteiger partial charge in [-0.3, -0.25) is 19.4 Å². The quantitative estimate of drug-likeness (QED) is 0.800. The van der Waals surface area contributed by atoms with Crippen molar-refractivity contribution in [3.05, 3.63) is 24.2 Å². The predicted octanol–water partition coefficient (Wildman–Crippen LogP) is 1.23. The lowest BCUT2D eigenvalue weighted by molar-refractivity contribution is -0.137. The van der Waals surface area contributed by atoms with Crippen molar-refractivity contribution in [3.8, 4) is 11.3 Å². The lowest BCUT2D eigenvalue weighted by Crippen LogP contribution is -2.36. The zero-order valence-corrected chi connectivity index (χ0v) is 12.6. The second-order valence-corrected chi connectivity index (χ2v) is 4.86. The van der Waals surface area contributed by atoms with Crippen LogP contribution in [-0.2, 0) is 11.3 Å². The lowest BCUT2D eigenvalue weighted by atomic mass is 10.1. The Balaban J connectivity index is 2.30. The highest BCUT2D eigenvalue weighted by Crippen LogP contribution is 2.22. The Hall–Kier alpha value is -2.64. The summed E-state index contributed by atoms with van der Waals surface area (Å²) in [6, 6.07) is 0. The van der Waals surface area contributed by atoms with E-state index in [1.165, 1.54) is 11.1 Å². The van der Waals surface area contributed by atoms with Crippen LogP contribution in [0.2, 0.25) is 0 Å². The van der Waals surface area contributed by atoms with E-state index in [1.807, 2.05) is 20.0 Å². The molecule has 0 unspecified atom stereocenters. The highest BCUT2D eigenvalue weighted by molar-refractivity contribution is 6.00. The zero-order chi connectivity index (χ0) is 16.1. The van der Waals surface area contributed by atoms with Crippen LogP contribution in [0.15, 0.2) is 18.6 Å². The molecule has 8 nitrogen and oxygen atoms in total. The lowest BCUT2D eigenvalue weighted by Gasteiger charge is -2.19. The van der Waals surface area contributed by atoms with E-state index in [2.05, 4.69) is 15.3 Å². The molecule has 0 saturated carbocycles. The first-order valence-electron chi connectivity index (χ1n) is 7.14. The molecule has 1 amide bonds. The normalized spacial score (nSPS) is 10.6. The molecule has 22 heavy (non-hydrogen) atoms. The van der Waals surface area contributed by atoms with Gasteiger partial charge in [0, 0.05) is 24.8 Å². The second-order valence-electron chi connectivity index (χ2n) is 4.86. The van der Waals surface area contributed by atoms with Gasteiger partial charge in [-0.2, -0.15) is 10.2 Å². The fraction of sp³-hybridized carbons (Fsp3) is 0.429. The number of aliphatic carboxylic acids is 1. The predicted molar refractivity (Wildman–Crippen MR) is 79.3 cm³/mol. The van der Waals surface area contributed by atoms with Crippen molar-refractivity contribution in [2.45, 2.75) is 26.8 Å². The first-order chi connectivity index (χ1) is 10.6. The molecule has 0 saturated heterocycles. The average Bonchev–Trinajstić information content (AvgIpc) is 3.13. The maximum absolute atomic E-state index is 12.6. The van der Waals surface area contributed by atoms with E-state index < -0.39 is 5.97 Å². The van der Waals surface area contributed by atoms with Crippen LogP contribution in [0.3, 0.4) is 0 Å². The molecule has 0 aromatic carbocycles. The number of carboxylic acid groups (broad SMARTS) is 1. The fourth-order valence-electron chi connectivity index (χ4n) is 2.19. The topological polar surface area (TPSA) is 104 Å². The number of nitrogens with one attached hydrogen (secondary N) is 1. The molecule has 0 radical (unpaired) electrons. The van der Waals surface area contributed by atoms with Gasteiger partial charge in [0.15, 0.2) is 0 Å². The smallest absolute Gasteiger partial charge is 0.323 e. The van der Waals surface area contributed by atoms with E-state index in [1.54, 1.807) is 10.9 Å². The van der Waals surface area contributed by atoms with Gasteiger partial charge < -0.3 is 10.0 Å². The van der Waals surface area contributed by atoms with Crippen molar-refractivity contribution in [1.82, 2.24) is 24.9 Å². The summed E-state index contributed by atoms with van der Waals surface area (Å²) in [7, 11) is 0. The molecule has 0 bridgehead atoms. The fourth-order valence-corrected chi connectivity index (χ4v) is 2.19. The SMILES string of the molecule is CCCN(CC(=O)O)C(=O)c1cn[nH]c1-c1cnn(CC)c1. The molecule has 0 aliphatic heterocycles. The molecule has 0 aliphatic rings. The number of nitrogens with zero attached hydrogens (tertiary/aromatic N) is 4. The van der Waals surface area contributed by atoms with Gasteiger partial charge in [-0.05, 0) is 13.3 Å². The first kappa shape index (κ1) is 15.7. The van der Waals surface area contributed by atoms with Crippen LogP contribution in [0.1, 0.15) is 30.6 Å². The third kappa shape index (κ3) is 3.33. The minimum absolute atomic E-state index is 0.328. The molecule has 0 fully saturated rings. The van der Waals surface area contributed by atoms with Crippen molar-refractivity contribution in [3.63, 3.8) is 0 Å². The van der Waals surface area contributed by atoms with Gasteiger partial charge in [-0.15, -0.1) is 0 Å². The molecular weight excluding hydrogens is 286 g/mol. The largest absolute Gasteiger partial charge is 0.480 e. The van der Waals surface area contributed by atoms with E-state index in [4.69, 9.17) is 5.11 Å². The average molecular weight is 305 g/mol. The van der Waals surface area contributed by atoms with Crippen LogP contribution in [-0.4, -0.2) is 55.0 Å². The summed E-state index contributed by atoms with van der Waals surface area (Å²) in [5.41, 5.74) is 1.65. The number of carbonyl (C=O) groups excluding carboxylic acids is 1. The monoisotopic (exact) mass is 305 g/mol. The molecule has 0 aliphatic carbocycles. The van der Waals surface area contributed by atoms with Gasteiger partial charge in [-0.25, -0.2) is 0 Å². The Morgan fingerprint density at radius 3 is 2.73 bits per heavy atom. The van der Waals surface area contributed by atoms with Crippen molar-refractivity contribution < 1.29 is 14.7 Å². The Morgan fingerprint density at radius 1 is 1.36 bits per heavy atom. The molecule has 0 atom stereocenters. The Labute approximate surface area is 127 Å². The van der Waals surface area contributed by atoms with Crippen molar-refractivity contribution in [2.24, 2.45) is 0 Å². The minimum Gasteiger partial charge on any atom is -0.480 e. The van der Waals surface area contributed by atoms with Crippen LogP contribution in [0.5, 0.6) is 0 Å². The number of carbonyl (C=O) groups is 2. The summed E-state index contributed by atoms with van der Waals surface area (Å²) in [5.74, 6) is -1.39. The van der Waals surface area contributed by atoms with Gasteiger partial charge in [0.25, 0.3) is 5.91 Å². The van der Waals surface area contributed by atoms with Crippen molar-refractivity contribution >= 4 is 11.9 Å². The number of hydrogen-bond donors (Lipinski definition) is 2. The maximum atomic E-state index is 12.6. The molecule has 2 rings (SSSR count). The van der Waals surface area contributed by atoms with E-state index in [0.717, 1.165) is 12.1 Å². The second kappa shape index (κ2) is 6.88. The summed E-state index contributed by atoms with van der Waals surface area (Å²) >= 11 is 0. The van der Waals surface area contributed by atoms with Crippen LogP contribution >= 0.6 is 0 Å². The molecule has 0 spiro atoms. The number of hydrogen-bond acceptors (Lipinski definition) is 4. The minimum atomic E-state index is -1.04. The Kier molecular flexibility index (Phi) is 4.92. The zero-order valence-electron chi connectivity index (χ0n) is 12.6. The Morgan fingerprint density at radius 2 is 2.14 bits per heavy atom. The summed E-state index contributed by atoms with van der Waals surface area (Å²) < 4.78 is 1.74. The number of amides is 1. The summed E-state index contributed by atoms with van der Waals surface area (Å²) in [6.45, 7) is 4.63. The van der Waals surface area contributed by atoms with Gasteiger partial charge in [0.05, 0.1) is 23.7 Å². The third-order valence-corrected chi connectivity index (χ3v) is 3.22. The number of rotatable bonds is 7. The molecule has 8 heteroatoms. The molecule has 2 aromatic heterocycles. The molecule has 2 aromatic rings. The summed E-state index contributed by atoms with van der Waals surface area (Å²) in [4.78, 5) is 24.8. The van der Waals surface area contributed by atoms with Gasteiger partial charge in [0.2, 0.25) is 0 Å². The van der Waals surface area contributed by atoms with E-state index in [9.17, 15) is 9.59 Å². The molecule has 118 valence electrons. The van der Waals surface area contributed by atoms with Crippen LogP contribution < -0.4 is 0 Å². The number of aryl methyl sites for hydroxylation is 1. The maximum Gasteiger partial charge on any atom is 0.323 e. The highest BCUT2D eigenvalue weighted by atomic mass is 16.4. The standard InChI is InChI=1S/C14H19N5O3/c1-3-5-18(9-12(20)21)14(22)11-7-15-17-13(11)10-6-16-19(4-2)8-10/h6-8H,3-5,9H2,1-2H3,(H,15,17)(H,20,21). The summed E-state index contributed by atoms with van der Waals surface area (Å²) in [6.07, 6.45) is 5.56. The molecule has 2 N–H and O–H groups in total. The van der Waals surface area contributed by atoms with Crippen LogP contribution in [0.25, 0.3) is 11.3 Å². The van der Waals surface area contributed by atoms with Crippen molar-refractivity contribution in [2.75, 3.05) is 13.1 Å². The van der Waals surface area contributed by atoms with Gasteiger partial charge in [-0.1, -0.05) is 6.92 Å². The molecule has 2 heterocycles. The van der Waals surface area contributed by atoms with E-state index in [-0.39, 0.29) is 12.5 Å². The molecular formula is C14H19N5O3. The third-order valence-electron chi connectivity index (χ3n) is 3.22. The van der Waals surface area contributed by atoms with Gasteiger partial charge >= 0.3 is 5.97 Å². The van der Waals surface area contributed by atoms with E-state index in [0.29, 0.717) is 24.2 Å². The number of H-pyrrole nitrogens is 1. The highest BCUT2D eigenvalue weighted by Gasteiger charge is 2.23. The summed E-state index contributed by atoms with van der Waals surface area (Å²) in [5, 5.41) is 19.8. The van der Waals surface area contributed by atoms with Crippen LogP contribution in [0, 0.1) is 0 Å². The van der Waals surface area contributed by atoms with E-state index >= 15 is 0 Å². The van der Waals surface area contributed by atoms with Gasteiger partial charge in [0.1, 0.15) is 6.54 Å². The van der Waals surface area contributed by atoms with Crippen LogP contribution in [0.4, 0.5) is 0 Å². The Bertz CT molecular complexity index is 661. The number of aromatic amines is 1.